The molecule has 0 aromatic carbocycles. The molecule has 16 heavy (non-hydrogen) atoms. The van der Waals surface area contributed by atoms with Gasteiger partial charge in [0.2, 0.25) is 5.76 Å². The Balaban J connectivity index is 4.01. The standard InChI is InChI=1S/C12H20O4/c1-4-16-12(15)11(14)8-10(13)7-5-6-9(2)3/h8-9,14H,4-7H2,1-3H3. The van der Waals surface area contributed by atoms with Gasteiger partial charge in [0.05, 0.1) is 6.61 Å². The molecule has 0 heterocycles. The molecule has 0 saturated carbocycles. The fourth-order valence-electron chi connectivity index (χ4n) is 1.17. The van der Waals surface area contributed by atoms with Gasteiger partial charge >= 0.3 is 5.97 Å². The van der Waals surface area contributed by atoms with E-state index in [0.29, 0.717) is 12.3 Å². The maximum Gasteiger partial charge on any atom is 0.373 e. The Morgan fingerprint density at radius 1 is 1.38 bits per heavy atom. The number of carbonyl (C=O) groups excluding carboxylic acids is 2. The van der Waals surface area contributed by atoms with Gasteiger partial charge in [0.1, 0.15) is 0 Å². The first-order valence-corrected chi connectivity index (χ1v) is 5.58. The van der Waals surface area contributed by atoms with E-state index in [-0.39, 0.29) is 12.4 Å². The van der Waals surface area contributed by atoms with E-state index in [0.717, 1.165) is 18.9 Å². The van der Waals surface area contributed by atoms with Gasteiger partial charge < -0.3 is 9.84 Å². The lowest BCUT2D eigenvalue weighted by Gasteiger charge is -2.02. The molecule has 0 bridgehead atoms. The fraction of sp³-hybridized carbons (Fsp3) is 0.667. The number of esters is 1. The zero-order chi connectivity index (χ0) is 12.6. The van der Waals surface area contributed by atoms with Crippen LogP contribution in [0.15, 0.2) is 11.8 Å². The first-order chi connectivity index (χ1) is 7.47. The average molecular weight is 228 g/mol. The van der Waals surface area contributed by atoms with Crippen LogP contribution in [-0.4, -0.2) is 23.5 Å². The van der Waals surface area contributed by atoms with Crippen LogP contribution in [0.25, 0.3) is 0 Å². The van der Waals surface area contributed by atoms with Crippen LogP contribution in [-0.2, 0) is 14.3 Å². The summed E-state index contributed by atoms with van der Waals surface area (Å²) < 4.78 is 4.54. The second kappa shape index (κ2) is 7.91. The summed E-state index contributed by atoms with van der Waals surface area (Å²) in [6.07, 6.45) is 3.02. The van der Waals surface area contributed by atoms with Gasteiger partial charge in [-0.05, 0) is 19.3 Å². The van der Waals surface area contributed by atoms with E-state index >= 15 is 0 Å². The van der Waals surface area contributed by atoms with Crippen molar-refractivity contribution in [3.8, 4) is 0 Å². The number of ether oxygens (including phenoxy) is 1. The third-order valence-corrected chi connectivity index (χ3v) is 1.99. The molecule has 0 fully saturated rings. The number of carbonyl (C=O) groups is 2. The first-order valence-electron chi connectivity index (χ1n) is 5.58. The van der Waals surface area contributed by atoms with Gasteiger partial charge in [-0.1, -0.05) is 20.3 Å². The van der Waals surface area contributed by atoms with Crippen molar-refractivity contribution in [1.29, 1.82) is 0 Å². The fourth-order valence-corrected chi connectivity index (χ4v) is 1.17. The Labute approximate surface area is 96.3 Å². The zero-order valence-corrected chi connectivity index (χ0v) is 10.2. The number of hydrogen-bond donors (Lipinski definition) is 1. The number of hydrogen-bond acceptors (Lipinski definition) is 4. The SMILES string of the molecule is CCOC(=O)C(O)=CC(=O)CCCC(C)C. The summed E-state index contributed by atoms with van der Waals surface area (Å²) in [5.74, 6) is -1.15. The molecule has 0 atom stereocenters. The predicted molar refractivity (Wildman–Crippen MR) is 61.0 cm³/mol. The van der Waals surface area contributed by atoms with Crippen molar-refractivity contribution >= 4 is 11.8 Å². The minimum absolute atomic E-state index is 0.179. The molecule has 0 aliphatic heterocycles. The van der Waals surface area contributed by atoms with E-state index in [4.69, 9.17) is 0 Å². The summed E-state index contributed by atoms with van der Waals surface area (Å²) in [5, 5.41) is 9.19. The molecule has 0 amide bonds. The molecular weight excluding hydrogens is 208 g/mol. The molecule has 1 N–H and O–H groups in total. The van der Waals surface area contributed by atoms with Crippen LogP contribution in [0.3, 0.4) is 0 Å². The summed E-state index contributed by atoms with van der Waals surface area (Å²) in [6, 6.07) is 0. The third kappa shape index (κ3) is 7.04. The molecule has 0 aromatic heterocycles. The largest absolute Gasteiger partial charge is 0.502 e. The second-order valence-corrected chi connectivity index (χ2v) is 4.00. The lowest BCUT2D eigenvalue weighted by Crippen LogP contribution is -2.09. The smallest absolute Gasteiger partial charge is 0.373 e. The van der Waals surface area contributed by atoms with Crippen molar-refractivity contribution in [2.45, 2.75) is 40.0 Å². The Hall–Kier alpha value is -1.32. The molecule has 0 aliphatic carbocycles. The molecule has 0 rings (SSSR count). The van der Waals surface area contributed by atoms with Gasteiger partial charge in [-0.15, -0.1) is 0 Å². The van der Waals surface area contributed by atoms with Crippen molar-refractivity contribution in [1.82, 2.24) is 0 Å². The van der Waals surface area contributed by atoms with Crippen molar-refractivity contribution in [3.05, 3.63) is 11.8 Å². The quantitative estimate of drug-likeness (QED) is 0.413. The minimum Gasteiger partial charge on any atom is -0.502 e. The third-order valence-electron chi connectivity index (χ3n) is 1.99. The molecule has 0 spiro atoms. The van der Waals surface area contributed by atoms with Gasteiger partial charge in [0, 0.05) is 12.5 Å². The monoisotopic (exact) mass is 228 g/mol. The van der Waals surface area contributed by atoms with E-state index in [1.165, 1.54) is 0 Å². The predicted octanol–water partition coefficient (Wildman–Crippen LogP) is 2.39. The maximum atomic E-state index is 11.3. The Kier molecular flexibility index (Phi) is 7.25. The van der Waals surface area contributed by atoms with Gasteiger partial charge in [-0.25, -0.2) is 4.79 Å². The van der Waals surface area contributed by atoms with Crippen LogP contribution in [0.2, 0.25) is 0 Å². The maximum absolute atomic E-state index is 11.3. The van der Waals surface area contributed by atoms with Crippen molar-refractivity contribution in [2.24, 2.45) is 5.92 Å². The Morgan fingerprint density at radius 2 is 2.00 bits per heavy atom. The van der Waals surface area contributed by atoms with Gasteiger partial charge in [-0.2, -0.15) is 0 Å². The zero-order valence-electron chi connectivity index (χ0n) is 10.2. The van der Waals surface area contributed by atoms with Crippen molar-refractivity contribution in [2.75, 3.05) is 6.61 Å². The molecule has 0 saturated heterocycles. The molecule has 0 unspecified atom stereocenters. The molecule has 0 aliphatic rings. The van der Waals surface area contributed by atoms with Crippen LogP contribution in [0.5, 0.6) is 0 Å². The Morgan fingerprint density at radius 3 is 2.50 bits per heavy atom. The van der Waals surface area contributed by atoms with Gasteiger partial charge in [-0.3, -0.25) is 4.79 Å². The van der Waals surface area contributed by atoms with Crippen LogP contribution < -0.4 is 0 Å². The summed E-state index contributed by atoms with van der Waals surface area (Å²) in [5.41, 5.74) is 0. The number of allylic oxidation sites excluding steroid dienone is 1. The highest BCUT2D eigenvalue weighted by Gasteiger charge is 2.10. The highest BCUT2D eigenvalue weighted by Crippen LogP contribution is 2.07. The lowest BCUT2D eigenvalue weighted by molar-refractivity contribution is -0.141. The van der Waals surface area contributed by atoms with Gasteiger partial charge in [0.25, 0.3) is 0 Å². The summed E-state index contributed by atoms with van der Waals surface area (Å²) in [4.78, 5) is 22.3. The Bertz CT molecular complexity index is 266. The second-order valence-electron chi connectivity index (χ2n) is 4.00. The molecule has 92 valence electrons. The number of aliphatic hydroxyl groups excluding tert-OH is 1. The van der Waals surface area contributed by atoms with Crippen LogP contribution in [0.1, 0.15) is 40.0 Å². The highest BCUT2D eigenvalue weighted by atomic mass is 16.5. The molecule has 0 aromatic rings. The normalized spacial score (nSPS) is 11.6. The summed E-state index contributed by atoms with van der Waals surface area (Å²) >= 11 is 0. The number of ketones is 1. The van der Waals surface area contributed by atoms with E-state index in [9.17, 15) is 14.7 Å². The van der Waals surface area contributed by atoms with Crippen LogP contribution >= 0.6 is 0 Å². The lowest BCUT2D eigenvalue weighted by atomic mass is 10.0. The molecule has 0 radical (unpaired) electrons. The average Bonchev–Trinajstić information content (AvgIpc) is 2.17. The molecule has 4 heteroatoms. The van der Waals surface area contributed by atoms with Crippen molar-refractivity contribution < 1.29 is 19.4 Å². The number of aliphatic hydroxyl groups is 1. The number of rotatable bonds is 7. The highest BCUT2D eigenvalue weighted by molar-refractivity contribution is 5.97. The van der Waals surface area contributed by atoms with E-state index in [1.807, 2.05) is 0 Å². The topological polar surface area (TPSA) is 63.6 Å². The summed E-state index contributed by atoms with van der Waals surface area (Å²) in [6.45, 7) is 5.97. The van der Waals surface area contributed by atoms with Crippen LogP contribution in [0, 0.1) is 5.92 Å². The molecule has 4 nitrogen and oxygen atoms in total. The van der Waals surface area contributed by atoms with E-state index < -0.39 is 11.7 Å². The van der Waals surface area contributed by atoms with Crippen LogP contribution in [0.4, 0.5) is 0 Å². The van der Waals surface area contributed by atoms with E-state index in [1.54, 1.807) is 6.92 Å². The summed E-state index contributed by atoms with van der Waals surface area (Å²) in [7, 11) is 0. The van der Waals surface area contributed by atoms with E-state index in [2.05, 4.69) is 18.6 Å². The van der Waals surface area contributed by atoms with Gasteiger partial charge in [0.15, 0.2) is 5.78 Å². The first kappa shape index (κ1) is 14.7. The minimum atomic E-state index is -0.847. The molecular formula is C12H20O4. The van der Waals surface area contributed by atoms with Crippen molar-refractivity contribution in [3.63, 3.8) is 0 Å².